The Morgan fingerprint density at radius 2 is 1.93 bits per heavy atom. The topological polar surface area (TPSA) is 155 Å². The van der Waals surface area contributed by atoms with Gasteiger partial charge in [0.05, 0.1) is 25.4 Å². The predicted octanol–water partition coefficient (Wildman–Crippen LogP) is -0.693. The molecule has 1 aromatic carbocycles. The molecule has 29 heavy (non-hydrogen) atoms. The molecule has 0 radical (unpaired) electrons. The fourth-order valence-electron chi connectivity index (χ4n) is 3.12. The van der Waals surface area contributed by atoms with Crippen molar-refractivity contribution in [1.82, 2.24) is 0 Å². The van der Waals surface area contributed by atoms with E-state index in [4.69, 9.17) is 14.2 Å². The third-order valence-electron chi connectivity index (χ3n) is 4.58. The Kier molecular flexibility index (Phi) is 6.10. The van der Waals surface area contributed by atoms with Crippen molar-refractivity contribution >= 4 is 11.7 Å². The molecule has 3 rings (SSSR count). The first kappa shape index (κ1) is 21.1. The molecule has 1 saturated heterocycles. The van der Waals surface area contributed by atoms with Gasteiger partial charge in [0.15, 0.2) is 0 Å². The Labute approximate surface area is 165 Å². The van der Waals surface area contributed by atoms with Gasteiger partial charge in [0.1, 0.15) is 47.4 Å². The van der Waals surface area contributed by atoms with Gasteiger partial charge in [-0.05, 0) is 18.6 Å². The Bertz CT molecular complexity index is 844. The first-order chi connectivity index (χ1) is 13.7. The van der Waals surface area contributed by atoms with Crippen LogP contribution in [0.5, 0.6) is 11.5 Å². The van der Waals surface area contributed by atoms with E-state index in [1.165, 1.54) is 25.3 Å². The molecule has 2 aliphatic rings. The number of carbonyl (C=O) groups excluding carboxylic acids is 1. The van der Waals surface area contributed by atoms with Gasteiger partial charge in [-0.15, -0.1) is 0 Å². The van der Waals surface area contributed by atoms with E-state index in [0.29, 0.717) is 11.1 Å². The minimum absolute atomic E-state index is 0.0361. The van der Waals surface area contributed by atoms with Crippen LogP contribution in [-0.4, -0.2) is 75.9 Å². The van der Waals surface area contributed by atoms with E-state index in [1.54, 1.807) is 6.92 Å². The number of aromatic hydroxyl groups is 1. The van der Waals surface area contributed by atoms with Crippen molar-refractivity contribution < 1.29 is 49.3 Å². The van der Waals surface area contributed by atoms with Gasteiger partial charge in [0.25, 0.3) is 0 Å². The van der Waals surface area contributed by atoms with Crippen LogP contribution in [0.4, 0.5) is 0 Å². The Morgan fingerprint density at radius 1 is 1.21 bits per heavy atom. The van der Waals surface area contributed by atoms with Gasteiger partial charge in [-0.25, -0.2) is 4.79 Å². The molecule has 0 aromatic heterocycles. The minimum atomic E-state index is -1.62. The molecule has 158 valence electrons. The smallest absolute Gasteiger partial charge is 0.334 e. The number of allylic oxidation sites excluding steroid dienone is 1. The van der Waals surface area contributed by atoms with Crippen molar-refractivity contribution in [1.29, 1.82) is 0 Å². The predicted molar refractivity (Wildman–Crippen MR) is 96.4 cm³/mol. The van der Waals surface area contributed by atoms with Gasteiger partial charge in [-0.1, -0.05) is 0 Å². The average Bonchev–Trinajstić information content (AvgIpc) is 2.67. The summed E-state index contributed by atoms with van der Waals surface area (Å²) in [7, 11) is 1.20. The van der Waals surface area contributed by atoms with Gasteiger partial charge in [-0.3, -0.25) is 0 Å². The number of fused-ring (bicyclic) bond motifs is 1. The van der Waals surface area contributed by atoms with Crippen LogP contribution in [0.2, 0.25) is 0 Å². The van der Waals surface area contributed by atoms with Crippen LogP contribution in [0.15, 0.2) is 30.0 Å². The summed E-state index contributed by atoms with van der Waals surface area (Å²) in [6, 6.07) is 2.78. The number of ether oxygens (including phenoxy) is 4. The monoisotopic (exact) mass is 410 g/mol. The van der Waals surface area contributed by atoms with E-state index >= 15 is 0 Å². The summed E-state index contributed by atoms with van der Waals surface area (Å²) in [5.74, 6) is -0.437. The quantitative estimate of drug-likeness (QED) is 0.318. The zero-order chi connectivity index (χ0) is 21.3. The van der Waals surface area contributed by atoms with Crippen LogP contribution < -0.4 is 4.74 Å². The molecule has 10 heteroatoms. The first-order valence-electron chi connectivity index (χ1n) is 8.75. The lowest BCUT2D eigenvalue weighted by Crippen LogP contribution is -2.59. The van der Waals surface area contributed by atoms with Crippen LogP contribution in [-0.2, 0) is 19.0 Å². The number of aliphatic hydroxyl groups excluding tert-OH is 4. The molecule has 1 aromatic rings. The molecule has 10 nitrogen and oxygen atoms in total. The molecular weight excluding hydrogens is 388 g/mol. The summed E-state index contributed by atoms with van der Waals surface area (Å²) < 4.78 is 21.3. The summed E-state index contributed by atoms with van der Waals surface area (Å²) in [6.07, 6.45) is -4.94. The molecule has 2 heterocycles. The number of hydrogen-bond acceptors (Lipinski definition) is 10. The summed E-state index contributed by atoms with van der Waals surface area (Å²) in [6.45, 7) is 1.07. The van der Waals surface area contributed by atoms with Crippen LogP contribution in [0.25, 0.3) is 5.76 Å². The molecular formula is C19H22O10. The first-order valence-corrected chi connectivity index (χ1v) is 8.75. The number of aliphatic hydroxyl groups is 4. The second kappa shape index (κ2) is 8.39. The van der Waals surface area contributed by atoms with Gasteiger partial charge in [0, 0.05) is 12.1 Å². The summed E-state index contributed by atoms with van der Waals surface area (Å²) >= 11 is 0. The highest BCUT2D eigenvalue weighted by atomic mass is 16.7. The minimum Gasteiger partial charge on any atom is -0.508 e. The largest absolute Gasteiger partial charge is 0.508 e. The number of methoxy groups -OCH3 is 1. The van der Waals surface area contributed by atoms with Crippen LogP contribution in [0, 0.1) is 6.92 Å². The van der Waals surface area contributed by atoms with Crippen LogP contribution >= 0.6 is 0 Å². The maximum absolute atomic E-state index is 11.6. The van der Waals surface area contributed by atoms with Gasteiger partial charge in [0.2, 0.25) is 6.29 Å². The third kappa shape index (κ3) is 4.21. The number of aryl methyl sites for hydroxylation is 1. The van der Waals surface area contributed by atoms with E-state index < -0.39 is 43.3 Å². The standard InChI is InChI=1S/C19H22O10/c1-8-3-9(21)4-11-15(8)12(5-10(27-11)6-14(22)26-2)28-19-18(25)17(24)16(23)13(7-20)29-19/h3-6,13,16-21,23-25H,7H2,1-2H3/t13-,16-,17+,18-,19-/m1/s1. The molecule has 0 saturated carbocycles. The van der Waals surface area contributed by atoms with Crippen molar-refractivity contribution in [3.8, 4) is 11.5 Å². The molecule has 0 aliphatic carbocycles. The number of phenols is 1. The van der Waals surface area contributed by atoms with Crippen molar-refractivity contribution in [2.45, 2.75) is 37.6 Å². The van der Waals surface area contributed by atoms with Crippen LogP contribution in [0.3, 0.4) is 0 Å². The van der Waals surface area contributed by atoms with Gasteiger partial charge in [-0.2, -0.15) is 0 Å². The van der Waals surface area contributed by atoms with Crippen LogP contribution in [0.1, 0.15) is 11.1 Å². The van der Waals surface area contributed by atoms with E-state index in [1.807, 2.05) is 0 Å². The third-order valence-corrected chi connectivity index (χ3v) is 4.58. The molecule has 1 fully saturated rings. The normalized spacial score (nSPS) is 30.2. The molecule has 0 amide bonds. The van der Waals surface area contributed by atoms with E-state index in [-0.39, 0.29) is 23.0 Å². The maximum Gasteiger partial charge on any atom is 0.334 e. The Hall–Kier alpha value is -2.63. The summed E-state index contributed by atoms with van der Waals surface area (Å²) in [4.78, 5) is 11.6. The average molecular weight is 410 g/mol. The molecule has 5 atom stereocenters. The molecule has 0 unspecified atom stereocenters. The fraction of sp³-hybridized carbons (Fsp3) is 0.421. The van der Waals surface area contributed by atoms with Crippen molar-refractivity contribution in [3.05, 3.63) is 41.2 Å². The maximum atomic E-state index is 11.6. The zero-order valence-corrected chi connectivity index (χ0v) is 15.7. The highest BCUT2D eigenvalue weighted by Crippen LogP contribution is 2.40. The van der Waals surface area contributed by atoms with Gasteiger partial charge >= 0.3 is 5.97 Å². The number of phenolic OH excluding ortho intramolecular Hbond substituents is 1. The number of rotatable bonds is 4. The van der Waals surface area contributed by atoms with Crippen molar-refractivity contribution in [3.63, 3.8) is 0 Å². The second-order valence-electron chi connectivity index (χ2n) is 6.63. The number of esters is 1. The van der Waals surface area contributed by atoms with Crippen molar-refractivity contribution in [2.75, 3.05) is 13.7 Å². The fourth-order valence-corrected chi connectivity index (χ4v) is 3.12. The number of benzene rings is 1. The number of carbonyl (C=O) groups is 1. The summed E-state index contributed by atoms with van der Waals surface area (Å²) in [5, 5.41) is 49.3. The SMILES string of the molecule is COC(=O)C=C1C=C(O[C@@H]2O[C@H](CO)[C@@H](O)[C@H](O)[C@H]2O)c2c(C)cc(O)cc2O1. The molecule has 0 bridgehead atoms. The highest BCUT2D eigenvalue weighted by Gasteiger charge is 2.45. The van der Waals surface area contributed by atoms with Crippen molar-refractivity contribution in [2.24, 2.45) is 0 Å². The lowest BCUT2D eigenvalue weighted by Gasteiger charge is -2.40. The van der Waals surface area contributed by atoms with E-state index in [9.17, 15) is 30.3 Å². The second-order valence-corrected chi connectivity index (χ2v) is 6.63. The lowest BCUT2D eigenvalue weighted by atomic mass is 9.99. The summed E-state index contributed by atoms with van der Waals surface area (Å²) in [5.41, 5.74) is 0.981. The Balaban J connectivity index is 1.99. The zero-order valence-electron chi connectivity index (χ0n) is 15.7. The highest BCUT2D eigenvalue weighted by molar-refractivity contribution is 5.84. The molecule has 0 spiro atoms. The molecule has 5 N–H and O–H groups in total. The van der Waals surface area contributed by atoms with E-state index in [0.717, 1.165) is 6.08 Å². The van der Waals surface area contributed by atoms with E-state index in [2.05, 4.69) is 4.74 Å². The van der Waals surface area contributed by atoms with Gasteiger partial charge < -0.3 is 44.5 Å². The molecule has 2 aliphatic heterocycles. The number of hydrogen-bond donors (Lipinski definition) is 5. The lowest BCUT2D eigenvalue weighted by molar-refractivity contribution is -0.284. The Morgan fingerprint density at radius 3 is 2.59 bits per heavy atom.